The molecule has 0 spiro atoms. The molecular weight excluding hydrogens is 284 g/mol. The molecule has 2 aromatic rings. The van der Waals surface area contributed by atoms with Gasteiger partial charge < -0.3 is 9.64 Å². The maximum atomic E-state index is 12.6. The number of rotatable bonds is 4. The largest absolute Gasteiger partial charge is 0.366 e. The lowest BCUT2D eigenvalue weighted by Crippen LogP contribution is -2.45. The molecule has 0 radical (unpaired) electrons. The van der Waals surface area contributed by atoms with E-state index in [1.54, 1.807) is 22.0 Å². The number of ether oxygens (including phenoxy) is 1. The number of H-pyrrole nitrogens is 1. The van der Waals surface area contributed by atoms with Gasteiger partial charge >= 0.3 is 0 Å². The highest BCUT2D eigenvalue weighted by Gasteiger charge is 2.30. The Morgan fingerprint density at radius 3 is 3.14 bits per heavy atom. The molecule has 8 nitrogen and oxygen atoms in total. The first-order valence-electron chi connectivity index (χ1n) is 7.49. The number of aryl methyl sites for hydroxylation is 1. The van der Waals surface area contributed by atoms with Gasteiger partial charge in [0.05, 0.1) is 13.2 Å². The van der Waals surface area contributed by atoms with Crippen LogP contribution in [0.2, 0.25) is 0 Å². The Morgan fingerprint density at radius 2 is 2.45 bits per heavy atom. The highest BCUT2D eigenvalue weighted by molar-refractivity contribution is 5.80. The lowest BCUT2D eigenvalue weighted by Gasteiger charge is -2.33. The minimum absolute atomic E-state index is 0.0308. The van der Waals surface area contributed by atoms with E-state index >= 15 is 0 Å². The average Bonchev–Trinajstić information content (AvgIpc) is 3.24. The van der Waals surface area contributed by atoms with E-state index in [4.69, 9.17) is 4.74 Å². The van der Waals surface area contributed by atoms with E-state index in [9.17, 15) is 4.79 Å². The summed E-state index contributed by atoms with van der Waals surface area (Å²) in [7, 11) is 0. The quantitative estimate of drug-likeness (QED) is 0.899. The van der Waals surface area contributed by atoms with Crippen molar-refractivity contribution in [1.82, 2.24) is 29.9 Å². The first-order valence-corrected chi connectivity index (χ1v) is 7.49. The second kappa shape index (κ2) is 6.27. The van der Waals surface area contributed by atoms with Gasteiger partial charge in [-0.3, -0.25) is 14.6 Å². The van der Waals surface area contributed by atoms with Crippen LogP contribution in [0.15, 0.2) is 18.5 Å². The van der Waals surface area contributed by atoms with Gasteiger partial charge in [0, 0.05) is 25.4 Å². The Morgan fingerprint density at radius 1 is 1.59 bits per heavy atom. The monoisotopic (exact) mass is 304 g/mol. The standard InChI is InChI=1S/C14H20N6O2/c1-3-12-16-13(18-17-12)11-9-19(7-8-22-11)14(21)10(2)20-6-4-5-15-20/h4-6,10-11H,3,7-9H2,1-2H3,(H,16,17,18)/t10-,11-/m1/s1. The van der Waals surface area contributed by atoms with Gasteiger partial charge in [-0.25, -0.2) is 4.98 Å². The Kier molecular flexibility index (Phi) is 4.19. The van der Waals surface area contributed by atoms with E-state index < -0.39 is 0 Å². The summed E-state index contributed by atoms with van der Waals surface area (Å²) in [4.78, 5) is 18.8. The number of carbonyl (C=O) groups is 1. The third-order valence-corrected chi connectivity index (χ3v) is 3.83. The molecule has 0 bridgehead atoms. The van der Waals surface area contributed by atoms with Crippen LogP contribution in [0.1, 0.15) is 37.6 Å². The third kappa shape index (κ3) is 2.87. The summed E-state index contributed by atoms with van der Waals surface area (Å²) in [5, 5.41) is 11.2. The first kappa shape index (κ1) is 14.7. The number of morpholine rings is 1. The minimum Gasteiger partial charge on any atom is -0.366 e. The SMILES string of the molecule is CCc1nc([C@H]2CN(C(=O)[C@@H](C)n3cccn3)CCO2)n[nH]1. The minimum atomic E-state index is -0.327. The van der Waals surface area contributed by atoms with Crippen LogP contribution >= 0.6 is 0 Å². The van der Waals surface area contributed by atoms with Gasteiger partial charge in [0.15, 0.2) is 5.82 Å². The molecule has 0 unspecified atom stereocenters. The molecule has 1 aliphatic rings. The number of hydrogen-bond donors (Lipinski definition) is 1. The van der Waals surface area contributed by atoms with Gasteiger partial charge in [-0.2, -0.15) is 10.2 Å². The zero-order valence-corrected chi connectivity index (χ0v) is 12.8. The molecule has 1 N–H and O–H groups in total. The number of amides is 1. The van der Waals surface area contributed by atoms with Gasteiger partial charge in [0.2, 0.25) is 5.91 Å². The lowest BCUT2D eigenvalue weighted by molar-refractivity contribution is -0.142. The van der Waals surface area contributed by atoms with E-state index in [1.807, 2.05) is 19.9 Å². The normalized spacial score (nSPS) is 20.1. The van der Waals surface area contributed by atoms with Crippen LogP contribution < -0.4 is 0 Å². The van der Waals surface area contributed by atoms with Crippen LogP contribution in [0.4, 0.5) is 0 Å². The topological polar surface area (TPSA) is 88.9 Å². The van der Waals surface area contributed by atoms with Gasteiger partial charge in [-0.15, -0.1) is 0 Å². The van der Waals surface area contributed by atoms with E-state index in [2.05, 4.69) is 20.3 Å². The number of nitrogens with one attached hydrogen (secondary N) is 1. The second-order valence-corrected chi connectivity index (χ2v) is 5.30. The van der Waals surface area contributed by atoms with Crippen LogP contribution in [-0.2, 0) is 16.0 Å². The smallest absolute Gasteiger partial charge is 0.247 e. The molecule has 3 heterocycles. The van der Waals surface area contributed by atoms with Crippen molar-refractivity contribution in [2.75, 3.05) is 19.7 Å². The fourth-order valence-corrected chi connectivity index (χ4v) is 2.50. The first-order chi connectivity index (χ1) is 10.7. The van der Waals surface area contributed by atoms with Crippen LogP contribution in [0.3, 0.4) is 0 Å². The molecule has 118 valence electrons. The Labute approximate surface area is 128 Å². The molecule has 2 aromatic heterocycles. The van der Waals surface area contributed by atoms with Gasteiger partial charge in [0.25, 0.3) is 0 Å². The summed E-state index contributed by atoms with van der Waals surface area (Å²) < 4.78 is 7.37. The Bertz CT molecular complexity index is 623. The maximum Gasteiger partial charge on any atom is 0.247 e. The maximum absolute atomic E-state index is 12.6. The van der Waals surface area contributed by atoms with Crippen LogP contribution in [0, 0.1) is 0 Å². The molecule has 1 saturated heterocycles. The van der Waals surface area contributed by atoms with E-state index in [0.29, 0.717) is 25.5 Å². The Hall–Kier alpha value is -2.22. The number of aromatic amines is 1. The van der Waals surface area contributed by atoms with E-state index in [-0.39, 0.29) is 18.1 Å². The molecule has 0 saturated carbocycles. The zero-order valence-electron chi connectivity index (χ0n) is 12.8. The summed E-state index contributed by atoms with van der Waals surface area (Å²) >= 11 is 0. The Balaban J connectivity index is 1.68. The van der Waals surface area contributed by atoms with Gasteiger partial charge in [-0.1, -0.05) is 6.92 Å². The number of hydrogen-bond acceptors (Lipinski definition) is 5. The third-order valence-electron chi connectivity index (χ3n) is 3.83. The highest BCUT2D eigenvalue weighted by atomic mass is 16.5. The van der Waals surface area contributed by atoms with Crippen molar-refractivity contribution in [3.05, 3.63) is 30.1 Å². The highest BCUT2D eigenvalue weighted by Crippen LogP contribution is 2.21. The van der Waals surface area contributed by atoms with Crippen LogP contribution in [0.25, 0.3) is 0 Å². The van der Waals surface area contributed by atoms with Crippen molar-refractivity contribution < 1.29 is 9.53 Å². The van der Waals surface area contributed by atoms with Crippen molar-refractivity contribution in [3.63, 3.8) is 0 Å². The lowest BCUT2D eigenvalue weighted by atomic mass is 10.2. The molecular formula is C14H20N6O2. The zero-order chi connectivity index (χ0) is 15.5. The average molecular weight is 304 g/mol. The molecule has 2 atom stereocenters. The van der Waals surface area contributed by atoms with Crippen LogP contribution in [0.5, 0.6) is 0 Å². The summed E-state index contributed by atoms with van der Waals surface area (Å²) in [5.74, 6) is 1.47. The number of aromatic nitrogens is 5. The number of carbonyl (C=O) groups excluding carboxylic acids is 1. The van der Waals surface area contributed by atoms with E-state index in [1.165, 1.54) is 0 Å². The van der Waals surface area contributed by atoms with Crippen molar-refractivity contribution in [1.29, 1.82) is 0 Å². The van der Waals surface area contributed by atoms with Crippen LogP contribution in [-0.4, -0.2) is 55.5 Å². The van der Waals surface area contributed by atoms with Gasteiger partial charge in [-0.05, 0) is 13.0 Å². The molecule has 1 fully saturated rings. The summed E-state index contributed by atoms with van der Waals surface area (Å²) in [6, 6.07) is 1.48. The molecule has 0 aromatic carbocycles. The van der Waals surface area contributed by atoms with Crippen molar-refractivity contribution in [3.8, 4) is 0 Å². The molecule has 1 aliphatic heterocycles. The fourth-order valence-electron chi connectivity index (χ4n) is 2.50. The number of nitrogens with zero attached hydrogens (tertiary/aromatic N) is 5. The van der Waals surface area contributed by atoms with Gasteiger partial charge in [0.1, 0.15) is 18.0 Å². The predicted molar refractivity (Wildman–Crippen MR) is 78.0 cm³/mol. The molecule has 3 rings (SSSR count). The molecule has 8 heteroatoms. The summed E-state index contributed by atoms with van der Waals surface area (Å²) in [5.41, 5.74) is 0. The van der Waals surface area contributed by atoms with Crippen molar-refractivity contribution >= 4 is 5.91 Å². The summed E-state index contributed by atoms with van der Waals surface area (Å²) in [6.07, 6.45) is 3.98. The summed E-state index contributed by atoms with van der Waals surface area (Å²) in [6.45, 7) is 5.38. The predicted octanol–water partition coefficient (Wildman–Crippen LogP) is 0.725. The molecule has 0 aliphatic carbocycles. The molecule has 22 heavy (non-hydrogen) atoms. The van der Waals surface area contributed by atoms with E-state index in [0.717, 1.165) is 12.2 Å². The molecule has 1 amide bonds. The van der Waals surface area contributed by atoms with Crippen molar-refractivity contribution in [2.24, 2.45) is 0 Å². The van der Waals surface area contributed by atoms with Crippen molar-refractivity contribution in [2.45, 2.75) is 32.4 Å². The second-order valence-electron chi connectivity index (χ2n) is 5.30. The fraction of sp³-hybridized carbons (Fsp3) is 0.571.